The summed E-state index contributed by atoms with van der Waals surface area (Å²) < 4.78 is 2.12. The normalized spacial score (nSPS) is 10.8. The van der Waals surface area contributed by atoms with Crippen LogP contribution in [0.2, 0.25) is 0 Å². The molecular formula is C16H11BrN2O3. The fourth-order valence-corrected chi connectivity index (χ4v) is 2.53. The smallest absolute Gasteiger partial charge is 0.357 e. The van der Waals surface area contributed by atoms with Crippen LogP contribution in [-0.2, 0) is 6.54 Å². The lowest BCUT2D eigenvalue weighted by Crippen LogP contribution is -2.26. The third-order valence-electron chi connectivity index (χ3n) is 3.32. The lowest BCUT2D eigenvalue weighted by atomic mass is 10.1. The molecule has 0 bridgehead atoms. The summed E-state index contributed by atoms with van der Waals surface area (Å²) in [6.45, 7) is 0.219. The van der Waals surface area contributed by atoms with Crippen LogP contribution in [0.5, 0.6) is 0 Å². The highest BCUT2D eigenvalue weighted by molar-refractivity contribution is 9.10. The van der Waals surface area contributed by atoms with Crippen molar-refractivity contribution in [1.82, 2.24) is 9.78 Å². The molecule has 0 aliphatic carbocycles. The van der Waals surface area contributed by atoms with Crippen LogP contribution < -0.4 is 5.56 Å². The number of carboxylic acid groups (broad SMARTS) is 1. The van der Waals surface area contributed by atoms with Gasteiger partial charge in [0.15, 0.2) is 5.69 Å². The van der Waals surface area contributed by atoms with Crippen molar-refractivity contribution in [2.24, 2.45) is 0 Å². The van der Waals surface area contributed by atoms with Gasteiger partial charge in [0, 0.05) is 9.86 Å². The largest absolute Gasteiger partial charge is 0.476 e. The molecule has 0 saturated heterocycles. The lowest BCUT2D eigenvalue weighted by Gasteiger charge is -2.09. The average molecular weight is 359 g/mol. The van der Waals surface area contributed by atoms with E-state index in [2.05, 4.69) is 21.0 Å². The van der Waals surface area contributed by atoms with E-state index in [0.717, 1.165) is 10.0 Å². The molecule has 0 aliphatic heterocycles. The van der Waals surface area contributed by atoms with E-state index < -0.39 is 5.97 Å². The Morgan fingerprint density at radius 2 is 1.73 bits per heavy atom. The van der Waals surface area contributed by atoms with Crippen molar-refractivity contribution in [3.8, 4) is 0 Å². The standard InChI is InChI=1S/C16H11BrN2O3/c17-11-7-5-10(6-8-11)9-19-15(20)13-4-2-1-3-12(13)14(18-19)16(21)22/h1-8H,9H2,(H,21,22). The minimum atomic E-state index is -1.15. The predicted molar refractivity (Wildman–Crippen MR) is 86.2 cm³/mol. The first-order valence-corrected chi connectivity index (χ1v) is 7.33. The highest BCUT2D eigenvalue weighted by Gasteiger charge is 2.15. The molecule has 2 aromatic carbocycles. The monoisotopic (exact) mass is 358 g/mol. The Morgan fingerprint density at radius 1 is 1.09 bits per heavy atom. The van der Waals surface area contributed by atoms with Gasteiger partial charge in [-0.25, -0.2) is 9.48 Å². The Bertz CT molecular complexity index is 917. The molecule has 0 spiro atoms. The maximum atomic E-state index is 12.5. The van der Waals surface area contributed by atoms with Gasteiger partial charge in [-0.3, -0.25) is 4.79 Å². The number of carbonyl (C=O) groups is 1. The van der Waals surface area contributed by atoms with E-state index in [0.29, 0.717) is 10.8 Å². The second-order valence-electron chi connectivity index (χ2n) is 4.79. The Labute approximate surface area is 134 Å². The molecule has 0 saturated carbocycles. The quantitative estimate of drug-likeness (QED) is 0.781. The fraction of sp³-hybridized carbons (Fsp3) is 0.0625. The van der Waals surface area contributed by atoms with Crippen molar-refractivity contribution in [2.45, 2.75) is 6.54 Å². The molecule has 0 fully saturated rings. The van der Waals surface area contributed by atoms with Crippen LogP contribution in [0, 0.1) is 0 Å². The van der Waals surface area contributed by atoms with E-state index in [1.807, 2.05) is 24.3 Å². The summed E-state index contributed by atoms with van der Waals surface area (Å²) in [5, 5.41) is 14.0. The number of halogens is 1. The summed E-state index contributed by atoms with van der Waals surface area (Å²) in [4.78, 5) is 23.9. The van der Waals surface area contributed by atoms with Crippen LogP contribution >= 0.6 is 15.9 Å². The van der Waals surface area contributed by atoms with Gasteiger partial charge in [0.1, 0.15) is 0 Å². The molecule has 1 aromatic heterocycles. The molecular weight excluding hydrogens is 348 g/mol. The Hall–Kier alpha value is -2.47. The van der Waals surface area contributed by atoms with E-state index in [1.165, 1.54) is 4.68 Å². The number of fused-ring (bicyclic) bond motifs is 1. The maximum Gasteiger partial charge on any atom is 0.357 e. The van der Waals surface area contributed by atoms with E-state index >= 15 is 0 Å². The number of aromatic nitrogens is 2. The van der Waals surface area contributed by atoms with E-state index in [1.54, 1.807) is 24.3 Å². The van der Waals surface area contributed by atoms with Crippen molar-refractivity contribution >= 4 is 32.7 Å². The van der Waals surface area contributed by atoms with Crippen molar-refractivity contribution in [1.29, 1.82) is 0 Å². The Balaban J connectivity index is 2.17. The summed E-state index contributed by atoms with van der Waals surface area (Å²) in [7, 11) is 0. The molecule has 22 heavy (non-hydrogen) atoms. The van der Waals surface area contributed by atoms with Gasteiger partial charge in [-0.2, -0.15) is 5.10 Å². The maximum absolute atomic E-state index is 12.5. The minimum Gasteiger partial charge on any atom is -0.476 e. The molecule has 0 aliphatic rings. The highest BCUT2D eigenvalue weighted by Crippen LogP contribution is 2.15. The number of aromatic carboxylic acids is 1. The number of carboxylic acids is 1. The van der Waals surface area contributed by atoms with Gasteiger partial charge in [0.25, 0.3) is 5.56 Å². The first-order chi connectivity index (χ1) is 10.6. The lowest BCUT2D eigenvalue weighted by molar-refractivity contribution is 0.0690. The first kappa shape index (κ1) is 14.5. The van der Waals surface area contributed by atoms with Crippen LogP contribution in [-0.4, -0.2) is 20.9 Å². The van der Waals surface area contributed by atoms with E-state index in [-0.39, 0.29) is 17.8 Å². The van der Waals surface area contributed by atoms with Crippen molar-refractivity contribution in [2.75, 3.05) is 0 Å². The van der Waals surface area contributed by atoms with Gasteiger partial charge in [-0.1, -0.05) is 46.3 Å². The van der Waals surface area contributed by atoms with Gasteiger partial charge in [-0.15, -0.1) is 0 Å². The van der Waals surface area contributed by atoms with Crippen LogP contribution in [0.3, 0.4) is 0 Å². The van der Waals surface area contributed by atoms with Gasteiger partial charge < -0.3 is 5.11 Å². The zero-order valence-electron chi connectivity index (χ0n) is 11.4. The number of rotatable bonds is 3. The summed E-state index contributed by atoms with van der Waals surface area (Å²) in [5.41, 5.74) is 0.445. The molecule has 5 nitrogen and oxygen atoms in total. The second-order valence-corrected chi connectivity index (χ2v) is 5.70. The number of hydrogen-bond acceptors (Lipinski definition) is 3. The summed E-state index contributed by atoms with van der Waals surface area (Å²) in [6.07, 6.45) is 0. The van der Waals surface area contributed by atoms with E-state index in [4.69, 9.17) is 0 Å². The average Bonchev–Trinajstić information content (AvgIpc) is 2.52. The third kappa shape index (κ3) is 2.65. The minimum absolute atomic E-state index is 0.118. The number of hydrogen-bond donors (Lipinski definition) is 1. The van der Waals surface area contributed by atoms with Crippen LogP contribution in [0.15, 0.2) is 57.8 Å². The number of nitrogens with zero attached hydrogens (tertiary/aromatic N) is 2. The van der Waals surface area contributed by atoms with Crippen molar-refractivity contribution < 1.29 is 9.90 Å². The molecule has 3 rings (SSSR count). The highest BCUT2D eigenvalue weighted by atomic mass is 79.9. The Morgan fingerprint density at radius 3 is 2.36 bits per heavy atom. The molecule has 110 valence electrons. The SMILES string of the molecule is O=C(O)c1nn(Cc2ccc(Br)cc2)c(=O)c2ccccc12. The van der Waals surface area contributed by atoms with Gasteiger partial charge in [0.2, 0.25) is 0 Å². The topological polar surface area (TPSA) is 72.2 Å². The van der Waals surface area contributed by atoms with Gasteiger partial charge >= 0.3 is 5.97 Å². The molecule has 3 aromatic rings. The summed E-state index contributed by atoms with van der Waals surface area (Å²) >= 11 is 3.35. The van der Waals surface area contributed by atoms with Crippen LogP contribution in [0.1, 0.15) is 16.1 Å². The molecule has 0 radical (unpaired) electrons. The molecule has 6 heteroatoms. The third-order valence-corrected chi connectivity index (χ3v) is 3.84. The number of benzene rings is 2. The van der Waals surface area contributed by atoms with Gasteiger partial charge in [-0.05, 0) is 23.8 Å². The van der Waals surface area contributed by atoms with Crippen molar-refractivity contribution in [3.63, 3.8) is 0 Å². The molecule has 0 atom stereocenters. The molecule has 0 amide bonds. The fourth-order valence-electron chi connectivity index (χ4n) is 2.26. The molecule has 1 N–H and O–H groups in total. The molecule has 1 heterocycles. The zero-order valence-corrected chi connectivity index (χ0v) is 12.9. The predicted octanol–water partition coefficient (Wildman–Crippen LogP) is 2.91. The zero-order chi connectivity index (χ0) is 15.7. The van der Waals surface area contributed by atoms with Gasteiger partial charge in [0.05, 0.1) is 11.9 Å². The summed E-state index contributed by atoms with van der Waals surface area (Å²) in [6, 6.07) is 14.0. The van der Waals surface area contributed by atoms with E-state index in [9.17, 15) is 14.7 Å². The molecule has 0 unspecified atom stereocenters. The Kier molecular flexibility index (Phi) is 3.77. The van der Waals surface area contributed by atoms with Crippen LogP contribution in [0.4, 0.5) is 0 Å². The van der Waals surface area contributed by atoms with Crippen molar-refractivity contribution in [3.05, 3.63) is 74.6 Å². The first-order valence-electron chi connectivity index (χ1n) is 6.54. The van der Waals surface area contributed by atoms with Crippen LogP contribution in [0.25, 0.3) is 10.8 Å². The summed E-state index contributed by atoms with van der Waals surface area (Å²) in [5.74, 6) is -1.15. The second kappa shape index (κ2) is 5.73.